The van der Waals surface area contributed by atoms with Crippen LogP contribution in [0.4, 0.5) is 5.69 Å². The van der Waals surface area contributed by atoms with Gasteiger partial charge in [-0.15, -0.1) is 5.10 Å². The number of carbonyl (C=O) groups is 1. The Labute approximate surface area is 120 Å². The van der Waals surface area contributed by atoms with Crippen LogP contribution < -0.4 is 5.32 Å². The molecular formula is C12H15N5O2S. The first-order valence-corrected chi connectivity index (χ1v) is 6.98. The molecule has 0 radical (unpaired) electrons. The number of rotatable bonds is 6. The van der Waals surface area contributed by atoms with E-state index < -0.39 is 0 Å². The maximum atomic E-state index is 12.0. The molecule has 7 nitrogen and oxygen atoms in total. The van der Waals surface area contributed by atoms with Gasteiger partial charge in [0.15, 0.2) is 0 Å². The predicted octanol–water partition coefficient (Wildman–Crippen LogP) is 0.785. The minimum absolute atomic E-state index is 0.0524. The zero-order valence-electron chi connectivity index (χ0n) is 10.9. The summed E-state index contributed by atoms with van der Waals surface area (Å²) in [4.78, 5) is 12.0. The first kappa shape index (κ1) is 14.5. The fraction of sp³-hybridized carbons (Fsp3) is 0.333. The van der Waals surface area contributed by atoms with Gasteiger partial charge in [0.2, 0.25) is 11.1 Å². The number of aliphatic hydroxyl groups is 1. The molecule has 1 heterocycles. The van der Waals surface area contributed by atoms with Crippen molar-refractivity contribution in [3.8, 4) is 0 Å². The van der Waals surface area contributed by atoms with Crippen LogP contribution in [-0.2, 0) is 11.3 Å². The number of anilines is 1. The Hall–Kier alpha value is -1.93. The molecule has 1 aromatic carbocycles. The molecule has 0 spiro atoms. The second-order valence-electron chi connectivity index (χ2n) is 4.02. The lowest BCUT2D eigenvalue weighted by molar-refractivity contribution is -0.115. The van der Waals surface area contributed by atoms with Crippen LogP contribution in [0.1, 0.15) is 6.92 Å². The average Bonchev–Trinajstić information content (AvgIpc) is 2.87. The number of aromatic nitrogens is 4. The summed E-state index contributed by atoms with van der Waals surface area (Å²) in [6, 6.07) is 9.25. The van der Waals surface area contributed by atoms with E-state index in [0.29, 0.717) is 11.7 Å². The van der Waals surface area contributed by atoms with Crippen molar-refractivity contribution < 1.29 is 9.90 Å². The number of amides is 1. The maximum Gasteiger partial charge on any atom is 0.237 e. The van der Waals surface area contributed by atoms with E-state index in [9.17, 15) is 4.79 Å². The first-order chi connectivity index (χ1) is 9.70. The van der Waals surface area contributed by atoms with Gasteiger partial charge in [-0.1, -0.05) is 30.0 Å². The van der Waals surface area contributed by atoms with Gasteiger partial charge in [-0.05, 0) is 29.5 Å². The quantitative estimate of drug-likeness (QED) is 0.765. The highest BCUT2D eigenvalue weighted by Crippen LogP contribution is 2.21. The second-order valence-corrected chi connectivity index (χ2v) is 5.33. The van der Waals surface area contributed by atoms with Crippen molar-refractivity contribution in [2.75, 3.05) is 11.9 Å². The Morgan fingerprint density at radius 2 is 2.20 bits per heavy atom. The number of tetrazole rings is 1. The second kappa shape index (κ2) is 7.01. The maximum absolute atomic E-state index is 12.0. The number of nitrogens with one attached hydrogen (secondary N) is 1. The third-order valence-corrected chi connectivity index (χ3v) is 3.57. The van der Waals surface area contributed by atoms with E-state index in [1.54, 1.807) is 6.92 Å². The van der Waals surface area contributed by atoms with Crippen molar-refractivity contribution in [2.24, 2.45) is 0 Å². The van der Waals surface area contributed by atoms with Gasteiger partial charge in [0.05, 0.1) is 18.4 Å². The summed E-state index contributed by atoms with van der Waals surface area (Å²) in [7, 11) is 0. The smallest absolute Gasteiger partial charge is 0.237 e. The normalized spacial score (nSPS) is 12.1. The highest BCUT2D eigenvalue weighted by molar-refractivity contribution is 8.00. The van der Waals surface area contributed by atoms with E-state index in [0.717, 1.165) is 5.69 Å². The van der Waals surface area contributed by atoms with E-state index in [2.05, 4.69) is 20.8 Å². The van der Waals surface area contributed by atoms with Crippen LogP contribution in [0.5, 0.6) is 0 Å². The van der Waals surface area contributed by atoms with Crippen molar-refractivity contribution in [3.05, 3.63) is 30.3 Å². The molecule has 0 aliphatic rings. The van der Waals surface area contributed by atoms with E-state index in [1.807, 2.05) is 30.3 Å². The zero-order chi connectivity index (χ0) is 14.4. The van der Waals surface area contributed by atoms with E-state index in [4.69, 9.17) is 5.11 Å². The molecule has 0 saturated carbocycles. The number of thioether (sulfide) groups is 1. The summed E-state index contributed by atoms with van der Waals surface area (Å²) in [5.41, 5.74) is 0.750. The molecule has 1 amide bonds. The van der Waals surface area contributed by atoms with Crippen molar-refractivity contribution in [2.45, 2.75) is 23.9 Å². The van der Waals surface area contributed by atoms with Crippen LogP contribution in [0.15, 0.2) is 35.5 Å². The molecule has 0 aliphatic heterocycles. The molecule has 0 saturated heterocycles. The Balaban J connectivity index is 1.95. The van der Waals surface area contributed by atoms with Gasteiger partial charge in [0, 0.05) is 5.69 Å². The van der Waals surface area contributed by atoms with Gasteiger partial charge in [-0.25, -0.2) is 4.68 Å². The molecular weight excluding hydrogens is 278 g/mol. The molecule has 106 valence electrons. The van der Waals surface area contributed by atoms with Gasteiger partial charge < -0.3 is 10.4 Å². The number of carbonyl (C=O) groups excluding carboxylic acids is 1. The number of hydrogen-bond donors (Lipinski definition) is 2. The SMILES string of the molecule is CC(Sc1nnnn1CCO)C(=O)Nc1ccccc1. The van der Waals surface area contributed by atoms with E-state index >= 15 is 0 Å². The van der Waals surface area contributed by atoms with Crippen LogP contribution >= 0.6 is 11.8 Å². The van der Waals surface area contributed by atoms with Gasteiger partial charge in [0.25, 0.3) is 0 Å². The summed E-state index contributed by atoms with van der Waals surface area (Å²) in [6.07, 6.45) is 0. The van der Waals surface area contributed by atoms with Crippen molar-refractivity contribution in [1.82, 2.24) is 20.2 Å². The lowest BCUT2D eigenvalue weighted by Gasteiger charge is -2.11. The number of nitrogens with zero attached hydrogens (tertiary/aromatic N) is 4. The molecule has 1 atom stereocenters. The molecule has 2 rings (SSSR count). The van der Waals surface area contributed by atoms with E-state index in [-0.39, 0.29) is 17.8 Å². The number of hydrogen-bond acceptors (Lipinski definition) is 6. The molecule has 0 fully saturated rings. The van der Waals surface area contributed by atoms with Crippen LogP contribution in [0.3, 0.4) is 0 Å². The molecule has 2 N–H and O–H groups in total. The standard InChI is InChI=1S/C12H15N5O2S/c1-9(11(19)13-10-5-3-2-4-6-10)20-12-14-15-16-17(12)7-8-18/h2-6,9,18H,7-8H2,1H3,(H,13,19). The van der Waals surface area contributed by atoms with Gasteiger partial charge in [0.1, 0.15) is 0 Å². The van der Waals surface area contributed by atoms with E-state index in [1.165, 1.54) is 16.4 Å². The molecule has 0 aliphatic carbocycles. The summed E-state index contributed by atoms with van der Waals surface area (Å²) >= 11 is 1.25. The predicted molar refractivity (Wildman–Crippen MR) is 75.3 cm³/mol. The van der Waals surface area contributed by atoms with Crippen LogP contribution in [-0.4, -0.2) is 43.1 Å². The lowest BCUT2D eigenvalue weighted by atomic mass is 10.3. The fourth-order valence-electron chi connectivity index (χ4n) is 1.49. The molecule has 20 heavy (non-hydrogen) atoms. The third-order valence-electron chi connectivity index (χ3n) is 2.50. The highest BCUT2D eigenvalue weighted by atomic mass is 32.2. The fourth-order valence-corrected chi connectivity index (χ4v) is 2.31. The highest BCUT2D eigenvalue weighted by Gasteiger charge is 2.18. The molecule has 0 bridgehead atoms. The minimum Gasteiger partial charge on any atom is -0.394 e. The van der Waals surface area contributed by atoms with Gasteiger partial charge in [-0.3, -0.25) is 4.79 Å². The minimum atomic E-state index is -0.348. The van der Waals surface area contributed by atoms with Crippen molar-refractivity contribution in [3.63, 3.8) is 0 Å². The number of para-hydroxylation sites is 1. The largest absolute Gasteiger partial charge is 0.394 e. The lowest BCUT2D eigenvalue weighted by Crippen LogP contribution is -2.23. The van der Waals surface area contributed by atoms with Crippen LogP contribution in [0.2, 0.25) is 0 Å². The van der Waals surface area contributed by atoms with Crippen molar-refractivity contribution in [1.29, 1.82) is 0 Å². The Bertz CT molecular complexity index is 560. The Kier molecular flexibility index (Phi) is 5.08. The summed E-state index contributed by atoms with van der Waals surface area (Å²) in [5, 5.41) is 23.0. The Morgan fingerprint density at radius 1 is 1.45 bits per heavy atom. The topological polar surface area (TPSA) is 92.9 Å². The number of aliphatic hydroxyl groups excluding tert-OH is 1. The molecule has 1 aromatic heterocycles. The summed E-state index contributed by atoms with van der Waals surface area (Å²) in [5.74, 6) is -0.125. The monoisotopic (exact) mass is 293 g/mol. The molecule has 8 heteroatoms. The summed E-state index contributed by atoms with van der Waals surface area (Å²) < 4.78 is 1.47. The Morgan fingerprint density at radius 3 is 2.90 bits per heavy atom. The van der Waals surface area contributed by atoms with Crippen LogP contribution in [0.25, 0.3) is 0 Å². The summed E-state index contributed by atoms with van der Waals surface area (Å²) in [6.45, 7) is 2.03. The number of benzene rings is 1. The zero-order valence-corrected chi connectivity index (χ0v) is 11.7. The average molecular weight is 293 g/mol. The van der Waals surface area contributed by atoms with Crippen LogP contribution in [0, 0.1) is 0 Å². The van der Waals surface area contributed by atoms with Crippen molar-refractivity contribution >= 4 is 23.4 Å². The molecule has 2 aromatic rings. The molecule has 1 unspecified atom stereocenters. The van der Waals surface area contributed by atoms with Gasteiger partial charge >= 0.3 is 0 Å². The van der Waals surface area contributed by atoms with Gasteiger partial charge in [-0.2, -0.15) is 0 Å². The first-order valence-electron chi connectivity index (χ1n) is 6.10. The third kappa shape index (κ3) is 3.78.